The zero-order valence-electron chi connectivity index (χ0n) is 20.3. The number of sulfonamides is 1. The fourth-order valence-corrected chi connectivity index (χ4v) is 6.13. The Labute approximate surface area is 204 Å². The number of nitrogens with zero attached hydrogens (tertiary/aromatic N) is 4. The summed E-state index contributed by atoms with van der Waals surface area (Å²) in [5.41, 5.74) is 4.51. The molecule has 1 aliphatic heterocycles. The third kappa shape index (κ3) is 5.88. The lowest BCUT2D eigenvalue weighted by atomic mass is 10.1. The second kappa shape index (κ2) is 11.4. The van der Waals surface area contributed by atoms with Crippen LogP contribution < -0.4 is 4.90 Å². The predicted octanol–water partition coefficient (Wildman–Crippen LogP) is 4.51. The SMILES string of the molecule is C=CN(C)/C(=C\C)CN1C[C@@H](Cc2ccccc2)N(S(=O)(=O)CCC)Cc2cc(C#N)ccc21. The standard InChI is InChI=1S/C27H34N4O2S/c1-5-15-34(32,33)31-19-24-16-23(18-28)13-14-27(24)30(20-25(6-2)29(4)7-3)21-26(31)17-22-11-9-8-10-12-22/h6-14,16,26H,3,5,15,17,19-21H2,1-2,4H3/b25-6-/t26-/m1/s1. The van der Waals surface area contributed by atoms with Gasteiger partial charge >= 0.3 is 0 Å². The van der Waals surface area contributed by atoms with E-state index in [0.717, 1.165) is 22.5 Å². The quantitative estimate of drug-likeness (QED) is 0.530. The zero-order valence-corrected chi connectivity index (χ0v) is 21.1. The number of benzene rings is 2. The molecule has 0 aromatic heterocycles. The van der Waals surface area contributed by atoms with Gasteiger partial charge in [0.15, 0.2) is 0 Å². The minimum atomic E-state index is -3.48. The second-order valence-electron chi connectivity index (χ2n) is 8.61. The second-order valence-corrected chi connectivity index (χ2v) is 10.7. The van der Waals surface area contributed by atoms with Crippen molar-refractivity contribution in [3.63, 3.8) is 0 Å². The van der Waals surface area contributed by atoms with E-state index in [-0.39, 0.29) is 18.3 Å². The molecule has 0 unspecified atom stereocenters. The fraction of sp³-hybridized carbons (Fsp3) is 0.370. The molecule has 0 N–H and O–H groups in total. The number of rotatable bonds is 9. The average Bonchev–Trinajstić information content (AvgIpc) is 2.99. The van der Waals surface area contributed by atoms with Crippen LogP contribution in [0.15, 0.2) is 73.1 Å². The van der Waals surface area contributed by atoms with Crippen LogP contribution in [0.4, 0.5) is 5.69 Å². The lowest BCUT2D eigenvalue weighted by Gasteiger charge is -2.33. The van der Waals surface area contributed by atoms with Crippen LogP contribution in [0.3, 0.4) is 0 Å². The van der Waals surface area contributed by atoms with Crippen molar-refractivity contribution in [3.8, 4) is 6.07 Å². The molecular weight excluding hydrogens is 444 g/mol. The molecule has 0 amide bonds. The Balaban J connectivity index is 2.11. The number of hydrogen-bond donors (Lipinski definition) is 0. The summed E-state index contributed by atoms with van der Waals surface area (Å²) < 4.78 is 28.6. The Kier molecular flexibility index (Phi) is 8.54. The van der Waals surface area contributed by atoms with E-state index in [1.54, 1.807) is 16.6 Å². The van der Waals surface area contributed by atoms with Gasteiger partial charge in [-0.25, -0.2) is 8.42 Å². The third-order valence-corrected chi connectivity index (χ3v) is 8.33. The normalized spacial score (nSPS) is 16.9. The summed E-state index contributed by atoms with van der Waals surface area (Å²) in [6, 6.07) is 17.6. The molecule has 2 aromatic rings. The van der Waals surface area contributed by atoms with Crippen molar-refractivity contribution in [2.75, 3.05) is 30.8 Å². The van der Waals surface area contributed by atoms with Crippen LogP contribution >= 0.6 is 0 Å². The first-order chi connectivity index (χ1) is 16.3. The van der Waals surface area contributed by atoms with Crippen molar-refractivity contribution >= 4 is 15.7 Å². The highest BCUT2D eigenvalue weighted by Crippen LogP contribution is 2.32. The number of hydrogen-bond acceptors (Lipinski definition) is 5. The topological polar surface area (TPSA) is 67.7 Å². The molecular formula is C27H34N4O2S. The molecule has 6 nitrogen and oxygen atoms in total. The number of fused-ring (bicyclic) bond motifs is 1. The molecule has 0 saturated heterocycles. The number of likely N-dealkylation sites (N-methyl/N-ethyl adjacent to an activating group) is 1. The van der Waals surface area contributed by atoms with Crippen molar-refractivity contribution in [3.05, 3.63) is 89.8 Å². The van der Waals surface area contributed by atoms with Crippen molar-refractivity contribution in [1.82, 2.24) is 9.21 Å². The van der Waals surface area contributed by atoms with Gasteiger partial charge in [-0.15, -0.1) is 0 Å². The van der Waals surface area contributed by atoms with Crippen LogP contribution in [0, 0.1) is 11.3 Å². The fourth-order valence-electron chi connectivity index (χ4n) is 4.45. The summed E-state index contributed by atoms with van der Waals surface area (Å²) in [5, 5.41) is 9.50. The number of allylic oxidation sites excluding steroid dienone is 1. The number of anilines is 1. The van der Waals surface area contributed by atoms with Gasteiger partial charge in [0, 0.05) is 37.6 Å². The van der Waals surface area contributed by atoms with Crippen LogP contribution in [-0.4, -0.2) is 49.6 Å². The molecule has 1 atom stereocenters. The van der Waals surface area contributed by atoms with Crippen molar-refractivity contribution in [2.24, 2.45) is 0 Å². The van der Waals surface area contributed by atoms with Crippen LogP contribution in [0.5, 0.6) is 0 Å². The molecule has 1 heterocycles. The van der Waals surface area contributed by atoms with Gasteiger partial charge in [-0.05, 0) is 55.3 Å². The number of nitriles is 1. The van der Waals surface area contributed by atoms with Gasteiger partial charge in [0.1, 0.15) is 0 Å². The highest BCUT2D eigenvalue weighted by molar-refractivity contribution is 7.89. The third-order valence-electron chi connectivity index (χ3n) is 6.26. The Bertz CT molecular complexity index is 1170. The zero-order chi connectivity index (χ0) is 24.7. The Morgan fingerprint density at radius 3 is 2.62 bits per heavy atom. The first kappa shape index (κ1) is 25.5. The molecule has 0 aliphatic carbocycles. The maximum Gasteiger partial charge on any atom is 0.214 e. The predicted molar refractivity (Wildman–Crippen MR) is 139 cm³/mol. The van der Waals surface area contributed by atoms with Gasteiger partial charge in [-0.2, -0.15) is 9.57 Å². The summed E-state index contributed by atoms with van der Waals surface area (Å²) in [7, 11) is -1.53. The molecule has 1 aliphatic rings. The maximum absolute atomic E-state index is 13.5. The van der Waals surface area contributed by atoms with E-state index in [1.165, 1.54) is 0 Å². The first-order valence-corrected chi connectivity index (χ1v) is 13.3. The summed E-state index contributed by atoms with van der Waals surface area (Å²) >= 11 is 0. The van der Waals surface area contributed by atoms with Crippen LogP contribution in [0.1, 0.15) is 37.0 Å². The lowest BCUT2D eigenvalue weighted by Crippen LogP contribution is -2.47. The van der Waals surface area contributed by atoms with Crippen LogP contribution in [-0.2, 0) is 23.0 Å². The molecule has 0 fully saturated rings. The van der Waals surface area contributed by atoms with Gasteiger partial charge in [0.2, 0.25) is 10.0 Å². The summed E-state index contributed by atoms with van der Waals surface area (Å²) in [6.07, 6.45) is 4.99. The molecule has 7 heteroatoms. The maximum atomic E-state index is 13.5. The van der Waals surface area contributed by atoms with Gasteiger partial charge in [0.05, 0.1) is 23.9 Å². The molecule has 0 saturated carbocycles. The van der Waals surface area contributed by atoms with Crippen molar-refractivity contribution in [2.45, 2.75) is 39.3 Å². The summed E-state index contributed by atoms with van der Waals surface area (Å²) in [6.45, 7) is 9.16. The first-order valence-electron chi connectivity index (χ1n) is 11.6. The van der Waals surface area contributed by atoms with Crippen LogP contribution in [0.25, 0.3) is 0 Å². The summed E-state index contributed by atoms with van der Waals surface area (Å²) in [5.74, 6) is 0.102. The van der Waals surface area contributed by atoms with Gasteiger partial charge in [-0.1, -0.05) is 49.9 Å². The molecule has 180 valence electrons. The molecule has 0 radical (unpaired) electrons. The highest BCUT2D eigenvalue weighted by Gasteiger charge is 2.35. The lowest BCUT2D eigenvalue weighted by molar-refractivity contribution is 0.318. The van der Waals surface area contributed by atoms with E-state index in [9.17, 15) is 13.7 Å². The van der Waals surface area contributed by atoms with Gasteiger partial charge < -0.3 is 9.80 Å². The largest absolute Gasteiger partial charge is 0.364 e. The van der Waals surface area contributed by atoms with E-state index in [2.05, 4.69) is 17.5 Å². The van der Waals surface area contributed by atoms with E-state index < -0.39 is 10.0 Å². The van der Waals surface area contributed by atoms with Crippen molar-refractivity contribution in [1.29, 1.82) is 5.26 Å². The monoisotopic (exact) mass is 478 g/mol. The van der Waals surface area contributed by atoms with Gasteiger partial charge in [0.25, 0.3) is 0 Å². The Hall–Kier alpha value is -3.08. The van der Waals surface area contributed by atoms with Gasteiger partial charge in [-0.3, -0.25) is 0 Å². The Morgan fingerprint density at radius 2 is 2.00 bits per heavy atom. The minimum absolute atomic E-state index is 0.102. The average molecular weight is 479 g/mol. The highest BCUT2D eigenvalue weighted by atomic mass is 32.2. The molecule has 2 aromatic carbocycles. The molecule has 0 spiro atoms. The van der Waals surface area contributed by atoms with Crippen molar-refractivity contribution < 1.29 is 8.42 Å². The van der Waals surface area contributed by atoms with E-state index in [0.29, 0.717) is 31.5 Å². The molecule has 0 bridgehead atoms. The van der Waals surface area contributed by atoms with Crippen LogP contribution in [0.2, 0.25) is 0 Å². The van der Waals surface area contributed by atoms with E-state index >= 15 is 0 Å². The Morgan fingerprint density at radius 1 is 1.26 bits per heavy atom. The molecule has 34 heavy (non-hydrogen) atoms. The smallest absolute Gasteiger partial charge is 0.214 e. The molecule has 3 rings (SSSR count). The van der Waals surface area contributed by atoms with E-state index in [1.807, 2.05) is 74.3 Å². The van der Waals surface area contributed by atoms with E-state index in [4.69, 9.17) is 0 Å². The summed E-state index contributed by atoms with van der Waals surface area (Å²) in [4.78, 5) is 4.22. The minimum Gasteiger partial charge on any atom is -0.364 e.